The molecule has 6 rings (SSSR count). The van der Waals surface area contributed by atoms with Crippen LogP contribution < -0.4 is 5.56 Å². The van der Waals surface area contributed by atoms with E-state index in [1.54, 1.807) is 23.7 Å². The van der Waals surface area contributed by atoms with Crippen LogP contribution in [0.15, 0.2) is 47.5 Å². The van der Waals surface area contributed by atoms with Crippen molar-refractivity contribution in [3.63, 3.8) is 0 Å². The molecule has 0 aliphatic rings. The van der Waals surface area contributed by atoms with Crippen molar-refractivity contribution in [1.29, 1.82) is 0 Å². The van der Waals surface area contributed by atoms with Crippen molar-refractivity contribution in [2.45, 2.75) is 13.0 Å². The van der Waals surface area contributed by atoms with Gasteiger partial charge in [0.1, 0.15) is 10.5 Å². The second-order valence-corrected chi connectivity index (χ2v) is 8.25. The molecule has 0 aliphatic carbocycles. The third kappa shape index (κ3) is 2.50. The van der Waals surface area contributed by atoms with Crippen LogP contribution in [0, 0.1) is 0 Å². The van der Waals surface area contributed by atoms with Crippen LogP contribution in [0.4, 0.5) is 0 Å². The second-order valence-electron chi connectivity index (χ2n) is 7.17. The third-order valence-corrected chi connectivity index (χ3v) is 6.40. The van der Waals surface area contributed by atoms with E-state index in [-0.39, 0.29) is 5.56 Å². The van der Waals surface area contributed by atoms with Crippen molar-refractivity contribution >= 4 is 43.5 Å². The topological polar surface area (TPSA) is 110 Å². The molecule has 6 aromatic rings. The molecule has 10 heteroatoms. The lowest BCUT2D eigenvalue weighted by Crippen LogP contribution is -2.24. The number of nitrogens with zero attached hydrogens (tertiary/aromatic N) is 6. The molecule has 30 heavy (non-hydrogen) atoms. The Morgan fingerprint density at radius 1 is 1.13 bits per heavy atom. The van der Waals surface area contributed by atoms with Gasteiger partial charge in [-0.3, -0.25) is 15.0 Å². The van der Waals surface area contributed by atoms with Gasteiger partial charge in [0.2, 0.25) is 0 Å². The molecule has 148 valence electrons. The lowest BCUT2D eigenvalue weighted by molar-refractivity contribution is 0.633. The third-order valence-electron chi connectivity index (χ3n) is 5.32. The van der Waals surface area contributed by atoms with Crippen molar-refractivity contribution in [2.24, 2.45) is 7.05 Å². The lowest BCUT2D eigenvalue weighted by Gasteiger charge is -2.04. The Hall–Kier alpha value is -3.79. The van der Waals surface area contributed by atoms with Gasteiger partial charge in [0, 0.05) is 36.1 Å². The highest BCUT2D eigenvalue weighted by Crippen LogP contribution is 2.31. The van der Waals surface area contributed by atoms with E-state index in [1.165, 1.54) is 4.68 Å². The number of aromatic nitrogens is 8. The molecule has 9 nitrogen and oxygen atoms in total. The zero-order chi connectivity index (χ0) is 20.2. The SMILES string of the molecule is Cn1c2nc(Cc3ccn[nH]3)sc2c2cnn(Cc3[nH]nc4ccccc34)c(=O)c21. The van der Waals surface area contributed by atoms with Crippen LogP contribution in [-0.2, 0) is 20.0 Å². The van der Waals surface area contributed by atoms with E-state index in [0.29, 0.717) is 18.5 Å². The Labute approximate surface area is 173 Å². The first-order valence-corrected chi connectivity index (χ1v) is 10.2. The monoisotopic (exact) mass is 416 g/mol. The fraction of sp³-hybridized carbons (Fsp3) is 0.150. The van der Waals surface area contributed by atoms with E-state index >= 15 is 0 Å². The quantitative estimate of drug-likeness (QED) is 0.459. The number of H-pyrrole nitrogens is 2. The number of fused-ring (bicyclic) bond motifs is 4. The van der Waals surface area contributed by atoms with Gasteiger partial charge in [0.05, 0.1) is 28.7 Å². The van der Waals surface area contributed by atoms with Gasteiger partial charge < -0.3 is 4.57 Å². The molecule has 0 saturated heterocycles. The highest BCUT2D eigenvalue weighted by atomic mass is 32.1. The number of thiazole rings is 1. The molecule has 5 aromatic heterocycles. The Balaban J connectivity index is 1.44. The van der Waals surface area contributed by atoms with Gasteiger partial charge >= 0.3 is 0 Å². The van der Waals surface area contributed by atoms with Crippen molar-refractivity contribution in [3.05, 3.63) is 69.5 Å². The second kappa shape index (κ2) is 6.36. The molecule has 0 saturated carbocycles. The minimum absolute atomic E-state index is 0.144. The first kappa shape index (κ1) is 17.1. The summed E-state index contributed by atoms with van der Waals surface area (Å²) < 4.78 is 4.31. The number of aromatic amines is 2. The molecule has 0 fully saturated rings. The number of para-hydroxylation sites is 1. The van der Waals surface area contributed by atoms with Crippen molar-refractivity contribution in [2.75, 3.05) is 0 Å². The molecule has 5 heterocycles. The van der Waals surface area contributed by atoms with Gasteiger partial charge in [-0.05, 0) is 12.1 Å². The summed E-state index contributed by atoms with van der Waals surface area (Å²) in [4.78, 5) is 18.0. The van der Waals surface area contributed by atoms with Crippen molar-refractivity contribution in [1.82, 2.24) is 39.7 Å². The highest BCUT2D eigenvalue weighted by molar-refractivity contribution is 7.19. The van der Waals surface area contributed by atoms with E-state index in [2.05, 4.69) is 25.5 Å². The van der Waals surface area contributed by atoms with Crippen LogP contribution in [0.2, 0.25) is 0 Å². The van der Waals surface area contributed by atoms with Crippen LogP contribution in [0.5, 0.6) is 0 Å². The Morgan fingerprint density at radius 2 is 2.03 bits per heavy atom. The standard InChI is InChI=1S/C20H16N8OS/c1-27-17-13(18-19(27)23-16(30-18)8-11-6-7-21-24-11)9-22-28(20(17)29)10-15-12-4-2-3-5-14(12)25-26-15/h2-7,9H,8,10H2,1H3,(H,21,24)(H,25,26). The lowest BCUT2D eigenvalue weighted by atomic mass is 10.2. The summed E-state index contributed by atoms with van der Waals surface area (Å²) in [5, 5.41) is 21.5. The largest absolute Gasteiger partial charge is 0.323 e. The average Bonchev–Trinajstić information content (AvgIpc) is 3.52. The van der Waals surface area contributed by atoms with Gasteiger partial charge in [-0.15, -0.1) is 11.3 Å². The molecule has 0 spiro atoms. The zero-order valence-corrected chi connectivity index (χ0v) is 16.8. The fourth-order valence-electron chi connectivity index (χ4n) is 3.85. The summed E-state index contributed by atoms with van der Waals surface area (Å²) in [5.41, 5.74) is 3.99. The summed E-state index contributed by atoms with van der Waals surface area (Å²) >= 11 is 1.58. The predicted molar refractivity (Wildman–Crippen MR) is 115 cm³/mol. The van der Waals surface area contributed by atoms with Gasteiger partial charge in [-0.2, -0.15) is 15.3 Å². The van der Waals surface area contributed by atoms with Crippen molar-refractivity contribution in [3.8, 4) is 0 Å². The molecule has 0 amide bonds. The maximum atomic E-state index is 13.2. The minimum atomic E-state index is -0.144. The maximum absolute atomic E-state index is 13.2. The highest BCUT2D eigenvalue weighted by Gasteiger charge is 2.19. The Morgan fingerprint density at radius 3 is 2.90 bits per heavy atom. The Bertz CT molecular complexity index is 1580. The summed E-state index contributed by atoms with van der Waals surface area (Å²) in [6, 6.07) is 9.75. The minimum Gasteiger partial charge on any atom is -0.323 e. The molecule has 0 radical (unpaired) electrons. The number of nitrogens with one attached hydrogen (secondary N) is 2. The molecular formula is C20H16N8OS. The molecule has 0 aliphatic heterocycles. The summed E-state index contributed by atoms with van der Waals surface area (Å²) in [7, 11) is 1.88. The van der Waals surface area contributed by atoms with Crippen LogP contribution >= 0.6 is 11.3 Å². The maximum Gasteiger partial charge on any atom is 0.291 e. The molecule has 2 N–H and O–H groups in total. The van der Waals surface area contributed by atoms with E-state index < -0.39 is 0 Å². The van der Waals surface area contributed by atoms with Gasteiger partial charge in [0.25, 0.3) is 5.56 Å². The zero-order valence-electron chi connectivity index (χ0n) is 16.0. The van der Waals surface area contributed by atoms with E-state index in [4.69, 9.17) is 4.98 Å². The van der Waals surface area contributed by atoms with E-state index in [1.807, 2.05) is 41.9 Å². The molecule has 0 unspecified atom stereocenters. The number of benzene rings is 1. The number of hydrogen-bond donors (Lipinski definition) is 2. The van der Waals surface area contributed by atoms with Crippen molar-refractivity contribution < 1.29 is 0 Å². The number of hydrogen-bond acceptors (Lipinski definition) is 6. The van der Waals surface area contributed by atoms with Gasteiger partial charge in [-0.1, -0.05) is 18.2 Å². The molecule has 0 bridgehead atoms. The summed E-state index contributed by atoms with van der Waals surface area (Å²) in [6.07, 6.45) is 4.17. The fourth-order valence-corrected chi connectivity index (χ4v) is 4.98. The molecule has 1 aromatic carbocycles. The van der Waals surface area contributed by atoms with E-state index in [0.717, 1.165) is 43.0 Å². The van der Waals surface area contributed by atoms with Gasteiger partial charge in [-0.25, -0.2) is 9.67 Å². The number of aryl methyl sites for hydroxylation is 1. The number of rotatable bonds is 4. The Kier molecular flexibility index (Phi) is 3.62. The predicted octanol–water partition coefficient (Wildman–Crippen LogP) is 2.58. The van der Waals surface area contributed by atoms with Crippen LogP contribution in [-0.4, -0.2) is 39.7 Å². The summed E-state index contributed by atoms with van der Waals surface area (Å²) in [6.45, 7) is 0.326. The molecule has 0 atom stereocenters. The first-order chi connectivity index (χ1) is 14.7. The van der Waals surface area contributed by atoms with Crippen LogP contribution in [0.25, 0.3) is 32.2 Å². The average molecular weight is 416 g/mol. The van der Waals surface area contributed by atoms with Crippen LogP contribution in [0.3, 0.4) is 0 Å². The van der Waals surface area contributed by atoms with E-state index in [9.17, 15) is 4.79 Å². The first-order valence-electron chi connectivity index (χ1n) is 9.43. The van der Waals surface area contributed by atoms with Gasteiger partial charge in [0.15, 0.2) is 5.65 Å². The normalized spacial score (nSPS) is 11.9. The van der Waals surface area contributed by atoms with Crippen LogP contribution in [0.1, 0.15) is 16.4 Å². The molecular weight excluding hydrogens is 400 g/mol. The summed E-state index contributed by atoms with van der Waals surface area (Å²) in [5.74, 6) is 0. The smallest absolute Gasteiger partial charge is 0.291 e.